The van der Waals surface area contributed by atoms with Crippen LogP contribution < -0.4 is 16.2 Å². The number of carbonyl (C=O) groups is 1. The van der Waals surface area contributed by atoms with Gasteiger partial charge in [0.15, 0.2) is 0 Å². The zero-order valence-electron chi connectivity index (χ0n) is 15.9. The smallest absolute Gasteiger partial charge is 0.266 e. The van der Waals surface area contributed by atoms with Crippen LogP contribution in [-0.2, 0) is 11.2 Å². The standard InChI is InChI=1S/C20H30N4O2/c1-14-17(15(2)24-20(26)18(14)13-21)9-10-19(25)23-12-11-22-16-7-5-3-4-6-8-16/h16,22H,3-12H2,1-2H3,(H,23,25)(H,24,26). The van der Waals surface area contributed by atoms with Crippen molar-refractivity contribution in [1.82, 2.24) is 15.6 Å². The Morgan fingerprint density at radius 1 is 1.19 bits per heavy atom. The molecule has 6 nitrogen and oxygen atoms in total. The lowest BCUT2D eigenvalue weighted by Gasteiger charge is -2.16. The Labute approximate surface area is 155 Å². The van der Waals surface area contributed by atoms with E-state index >= 15 is 0 Å². The lowest BCUT2D eigenvalue weighted by atomic mass is 9.99. The second kappa shape index (κ2) is 10.1. The van der Waals surface area contributed by atoms with E-state index in [4.69, 9.17) is 5.26 Å². The number of nitrogens with zero attached hydrogens (tertiary/aromatic N) is 1. The van der Waals surface area contributed by atoms with Crippen LogP contribution in [0.2, 0.25) is 0 Å². The quantitative estimate of drug-likeness (QED) is 0.514. The van der Waals surface area contributed by atoms with Crippen molar-refractivity contribution in [3.05, 3.63) is 32.7 Å². The molecular weight excluding hydrogens is 328 g/mol. The number of nitrogens with one attached hydrogen (secondary N) is 3. The third-order valence-electron chi connectivity index (χ3n) is 5.26. The van der Waals surface area contributed by atoms with Gasteiger partial charge >= 0.3 is 0 Å². The fourth-order valence-corrected chi connectivity index (χ4v) is 3.71. The second-order valence-corrected chi connectivity index (χ2v) is 7.16. The average Bonchev–Trinajstić information content (AvgIpc) is 2.87. The minimum absolute atomic E-state index is 0.00354. The summed E-state index contributed by atoms with van der Waals surface area (Å²) in [6.45, 7) is 5.00. The van der Waals surface area contributed by atoms with Crippen molar-refractivity contribution >= 4 is 5.91 Å². The van der Waals surface area contributed by atoms with Crippen molar-refractivity contribution < 1.29 is 4.79 Å². The Morgan fingerprint density at radius 3 is 2.54 bits per heavy atom. The third-order valence-corrected chi connectivity index (χ3v) is 5.26. The first kappa shape index (κ1) is 20.2. The molecule has 0 radical (unpaired) electrons. The molecule has 1 heterocycles. The number of aryl methyl sites for hydroxylation is 1. The molecule has 0 spiro atoms. The number of pyridine rings is 1. The Bertz CT molecular complexity index is 710. The molecular formula is C20H30N4O2. The molecule has 1 aromatic rings. The highest BCUT2D eigenvalue weighted by atomic mass is 16.1. The zero-order valence-corrected chi connectivity index (χ0v) is 15.9. The minimum atomic E-state index is -0.361. The van der Waals surface area contributed by atoms with Crippen molar-refractivity contribution in [3.8, 4) is 6.07 Å². The monoisotopic (exact) mass is 358 g/mol. The van der Waals surface area contributed by atoms with Crippen molar-refractivity contribution in [3.63, 3.8) is 0 Å². The SMILES string of the molecule is Cc1[nH]c(=O)c(C#N)c(C)c1CCC(=O)NCCNC1CCCCCC1. The van der Waals surface area contributed by atoms with Crippen LogP contribution in [0.25, 0.3) is 0 Å². The van der Waals surface area contributed by atoms with Gasteiger partial charge in [0.25, 0.3) is 5.56 Å². The number of carbonyl (C=O) groups excluding carboxylic acids is 1. The van der Waals surface area contributed by atoms with Gasteiger partial charge in [-0.2, -0.15) is 5.26 Å². The molecule has 2 rings (SSSR count). The Hall–Kier alpha value is -2.13. The highest BCUT2D eigenvalue weighted by Crippen LogP contribution is 2.17. The highest BCUT2D eigenvalue weighted by molar-refractivity contribution is 5.76. The molecule has 3 N–H and O–H groups in total. The lowest BCUT2D eigenvalue weighted by Crippen LogP contribution is -2.37. The summed E-state index contributed by atoms with van der Waals surface area (Å²) in [7, 11) is 0. The Kier molecular flexibility index (Phi) is 7.86. The van der Waals surface area contributed by atoms with Gasteiger partial charge in [0, 0.05) is 31.2 Å². The first-order valence-electron chi connectivity index (χ1n) is 9.65. The summed E-state index contributed by atoms with van der Waals surface area (Å²) in [5.41, 5.74) is 2.07. The summed E-state index contributed by atoms with van der Waals surface area (Å²) < 4.78 is 0. The summed E-state index contributed by atoms with van der Waals surface area (Å²) >= 11 is 0. The summed E-state index contributed by atoms with van der Waals surface area (Å²) in [5, 5.41) is 15.6. The maximum absolute atomic E-state index is 12.1. The van der Waals surface area contributed by atoms with E-state index in [0.29, 0.717) is 31.0 Å². The Balaban J connectivity index is 1.75. The van der Waals surface area contributed by atoms with Crippen molar-refractivity contribution in [1.29, 1.82) is 5.26 Å². The largest absolute Gasteiger partial charge is 0.355 e. The van der Waals surface area contributed by atoms with E-state index in [9.17, 15) is 9.59 Å². The maximum atomic E-state index is 12.1. The van der Waals surface area contributed by atoms with E-state index in [2.05, 4.69) is 15.6 Å². The van der Waals surface area contributed by atoms with Crippen LogP contribution in [0, 0.1) is 25.2 Å². The van der Waals surface area contributed by atoms with Gasteiger partial charge in [-0.1, -0.05) is 25.7 Å². The number of H-pyrrole nitrogens is 1. The molecule has 26 heavy (non-hydrogen) atoms. The van der Waals surface area contributed by atoms with Crippen LogP contribution in [0.5, 0.6) is 0 Å². The van der Waals surface area contributed by atoms with Gasteiger partial charge in [-0.25, -0.2) is 0 Å². The molecule has 1 aliphatic rings. The molecule has 0 unspecified atom stereocenters. The van der Waals surface area contributed by atoms with Crippen LogP contribution in [0.1, 0.15) is 67.3 Å². The maximum Gasteiger partial charge on any atom is 0.266 e. The van der Waals surface area contributed by atoms with Crippen LogP contribution in [0.4, 0.5) is 0 Å². The molecule has 1 aromatic heterocycles. The predicted octanol–water partition coefficient (Wildman–Crippen LogP) is 2.22. The lowest BCUT2D eigenvalue weighted by molar-refractivity contribution is -0.121. The number of amides is 1. The van der Waals surface area contributed by atoms with E-state index in [1.54, 1.807) is 13.8 Å². The fraction of sp³-hybridized carbons (Fsp3) is 0.650. The van der Waals surface area contributed by atoms with Gasteiger partial charge in [-0.15, -0.1) is 0 Å². The molecule has 0 aromatic carbocycles. The molecule has 142 valence electrons. The highest BCUT2D eigenvalue weighted by Gasteiger charge is 2.14. The summed E-state index contributed by atoms with van der Waals surface area (Å²) in [5.74, 6) is -0.00354. The van der Waals surface area contributed by atoms with Gasteiger partial charge in [-0.3, -0.25) is 9.59 Å². The normalized spacial score (nSPS) is 15.3. The number of rotatable bonds is 7. The topological polar surface area (TPSA) is 97.8 Å². The van der Waals surface area contributed by atoms with Gasteiger partial charge in [0.2, 0.25) is 5.91 Å². The molecule has 1 amide bonds. The van der Waals surface area contributed by atoms with Gasteiger partial charge in [0.05, 0.1) is 0 Å². The van der Waals surface area contributed by atoms with Crippen molar-refractivity contribution in [2.45, 2.75) is 71.3 Å². The van der Waals surface area contributed by atoms with Crippen molar-refractivity contribution in [2.75, 3.05) is 13.1 Å². The molecule has 1 aliphatic carbocycles. The molecule has 0 aliphatic heterocycles. The molecule has 1 saturated carbocycles. The first-order chi connectivity index (χ1) is 12.5. The summed E-state index contributed by atoms with van der Waals surface area (Å²) in [6, 6.07) is 2.53. The van der Waals surface area contributed by atoms with Crippen molar-refractivity contribution in [2.24, 2.45) is 0 Å². The number of aromatic nitrogens is 1. The number of nitriles is 1. The van der Waals surface area contributed by atoms with Crippen LogP contribution >= 0.6 is 0 Å². The van der Waals surface area contributed by atoms with Crippen LogP contribution in [-0.4, -0.2) is 30.0 Å². The third kappa shape index (κ3) is 5.70. The van der Waals surface area contributed by atoms with Crippen LogP contribution in [0.3, 0.4) is 0 Å². The predicted molar refractivity (Wildman–Crippen MR) is 102 cm³/mol. The summed E-state index contributed by atoms with van der Waals surface area (Å²) in [6.07, 6.45) is 8.62. The van der Waals surface area contributed by atoms with E-state index in [-0.39, 0.29) is 17.0 Å². The second-order valence-electron chi connectivity index (χ2n) is 7.16. The molecule has 0 bridgehead atoms. The van der Waals surface area contributed by atoms with Crippen LogP contribution in [0.15, 0.2) is 4.79 Å². The molecule has 0 atom stereocenters. The van der Waals surface area contributed by atoms with Gasteiger partial charge < -0.3 is 15.6 Å². The van der Waals surface area contributed by atoms with E-state index < -0.39 is 0 Å². The average molecular weight is 358 g/mol. The summed E-state index contributed by atoms with van der Waals surface area (Å²) in [4.78, 5) is 26.5. The first-order valence-corrected chi connectivity index (χ1v) is 9.65. The Morgan fingerprint density at radius 2 is 1.88 bits per heavy atom. The zero-order chi connectivity index (χ0) is 18.9. The number of hydrogen-bond donors (Lipinski definition) is 3. The van der Waals surface area contributed by atoms with E-state index in [0.717, 1.165) is 17.8 Å². The fourth-order valence-electron chi connectivity index (χ4n) is 3.71. The van der Waals surface area contributed by atoms with E-state index in [1.807, 2.05) is 6.07 Å². The molecule has 6 heteroatoms. The van der Waals surface area contributed by atoms with Gasteiger partial charge in [-0.05, 0) is 44.2 Å². The van der Waals surface area contributed by atoms with Gasteiger partial charge in [0.1, 0.15) is 11.6 Å². The number of hydrogen-bond acceptors (Lipinski definition) is 4. The minimum Gasteiger partial charge on any atom is -0.355 e. The number of aromatic amines is 1. The van der Waals surface area contributed by atoms with E-state index in [1.165, 1.54) is 38.5 Å². The molecule has 0 saturated heterocycles. The molecule has 1 fully saturated rings.